The van der Waals surface area contributed by atoms with E-state index in [2.05, 4.69) is 32.7 Å². The first-order chi connectivity index (χ1) is 15.1. The number of halogens is 1. The second-order valence-electron chi connectivity index (χ2n) is 9.06. The van der Waals surface area contributed by atoms with Crippen LogP contribution in [0.15, 0.2) is 22.7 Å². The highest BCUT2D eigenvalue weighted by Crippen LogP contribution is 2.42. The Kier molecular flexibility index (Phi) is 4.50. The minimum Gasteiger partial charge on any atom is -0.379 e. The summed E-state index contributed by atoms with van der Waals surface area (Å²) in [6.07, 6.45) is 3.18. The van der Waals surface area contributed by atoms with Crippen LogP contribution in [0.5, 0.6) is 0 Å². The van der Waals surface area contributed by atoms with E-state index in [1.54, 1.807) is 4.90 Å². The number of hydrogen-bond acceptors (Lipinski definition) is 7. The molecule has 1 amide bonds. The lowest BCUT2D eigenvalue weighted by Crippen LogP contribution is -2.43. The average molecular weight is 427 g/mol. The highest BCUT2D eigenvalue weighted by Gasteiger charge is 2.53. The molecule has 1 aromatic carbocycles. The van der Waals surface area contributed by atoms with Crippen molar-refractivity contribution in [3.63, 3.8) is 0 Å². The molecule has 1 N–H and O–H groups in total. The molecule has 1 atom stereocenters. The molecule has 6 rings (SSSR count). The van der Waals surface area contributed by atoms with E-state index in [1.807, 2.05) is 6.07 Å². The molecule has 0 bridgehead atoms. The highest BCUT2D eigenvalue weighted by molar-refractivity contribution is 5.88. The maximum absolute atomic E-state index is 14.1. The first-order valence-electron chi connectivity index (χ1n) is 11.2. The van der Waals surface area contributed by atoms with Gasteiger partial charge in [0.25, 0.3) is 11.8 Å². The molecule has 9 heteroatoms. The number of rotatable bonds is 4. The van der Waals surface area contributed by atoms with Crippen LogP contribution in [0.2, 0.25) is 0 Å². The van der Waals surface area contributed by atoms with E-state index in [0.717, 1.165) is 50.3 Å². The molecule has 3 fully saturated rings. The third kappa shape index (κ3) is 3.40. The molecule has 164 valence electrons. The molecular formula is C22H26FN5O3. The maximum Gasteiger partial charge on any atom is 0.260 e. The second kappa shape index (κ2) is 7.27. The summed E-state index contributed by atoms with van der Waals surface area (Å²) in [5.41, 5.74) is 5.14. The number of ether oxygens (including phenoxy) is 1. The zero-order valence-corrected chi connectivity index (χ0v) is 17.3. The van der Waals surface area contributed by atoms with Crippen molar-refractivity contribution < 1.29 is 18.4 Å². The third-order valence-corrected chi connectivity index (χ3v) is 6.96. The van der Waals surface area contributed by atoms with Gasteiger partial charge >= 0.3 is 0 Å². The van der Waals surface area contributed by atoms with Crippen molar-refractivity contribution in [3.8, 4) is 11.5 Å². The van der Waals surface area contributed by atoms with E-state index in [-0.39, 0.29) is 11.8 Å². The van der Waals surface area contributed by atoms with Gasteiger partial charge in [-0.1, -0.05) is 11.2 Å². The minimum absolute atomic E-state index is 0.125. The Morgan fingerprint density at radius 1 is 1.23 bits per heavy atom. The van der Waals surface area contributed by atoms with Gasteiger partial charge in [-0.3, -0.25) is 4.79 Å². The Balaban J connectivity index is 1.15. The van der Waals surface area contributed by atoms with E-state index < -0.39 is 5.67 Å². The molecule has 31 heavy (non-hydrogen) atoms. The van der Waals surface area contributed by atoms with Crippen molar-refractivity contribution in [3.05, 3.63) is 29.6 Å². The van der Waals surface area contributed by atoms with Gasteiger partial charge in [-0.2, -0.15) is 4.98 Å². The molecule has 0 radical (unpaired) electrons. The maximum atomic E-state index is 14.1. The summed E-state index contributed by atoms with van der Waals surface area (Å²) in [6, 6.07) is 6.56. The monoisotopic (exact) mass is 427 g/mol. The number of amides is 1. The van der Waals surface area contributed by atoms with Gasteiger partial charge in [-0.25, -0.2) is 9.82 Å². The number of hydrazine groups is 1. The van der Waals surface area contributed by atoms with Gasteiger partial charge in [0.1, 0.15) is 0 Å². The standard InChI is InChI=1S/C22H26FN5O3/c23-22(6-7-22)21(29)27-8-3-14(4-9-27)19-25-20(31-26-19)15-1-2-16-12-24-28(18(16)11-15)17-5-10-30-13-17/h1-2,11,14,17,24H,3-10,12-13H2/t17-/m1/s1. The zero-order chi connectivity index (χ0) is 21.0. The SMILES string of the molecule is O=C(N1CCC(c2noc(-c3ccc4c(c3)N([C@@H]3CCOC3)NC4)n2)CC1)C1(F)CC1. The van der Waals surface area contributed by atoms with Crippen LogP contribution < -0.4 is 10.4 Å². The van der Waals surface area contributed by atoms with Gasteiger partial charge in [0.05, 0.1) is 18.3 Å². The number of carbonyl (C=O) groups is 1. The molecule has 1 aromatic heterocycles. The quantitative estimate of drug-likeness (QED) is 0.803. The lowest BCUT2D eigenvalue weighted by Gasteiger charge is -2.31. The van der Waals surface area contributed by atoms with Crippen LogP contribution in [0.1, 0.15) is 49.4 Å². The van der Waals surface area contributed by atoms with E-state index in [1.165, 1.54) is 5.56 Å². The van der Waals surface area contributed by atoms with Crippen molar-refractivity contribution in [1.29, 1.82) is 0 Å². The summed E-state index contributed by atoms with van der Waals surface area (Å²) < 4.78 is 25.2. The van der Waals surface area contributed by atoms with E-state index >= 15 is 0 Å². The average Bonchev–Trinajstić information content (AvgIpc) is 3.26. The predicted molar refractivity (Wildman–Crippen MR) is 110 cm³/mol. The second-order valence-corrected chi connectivity index (χ2v) is 9.06. The number of aromatic nitrogens is 2. The highest BCUT2D eigenvalue weighted by atomic mass is 19.1. The van der Waals surface area contributed by atoms with Gasteiger partial charge in [-0.15, -0.1) is 0 Å². The van der Waals surface area contributed by atoms with Gasteiger partial charge in [0, 0.05) is 37.7 Å². The number of likely N-dealkylation sites (tertiary alicyclic amines) is 1. The Bertz CT molecular complexity index is 993. The van der Waals surface area contributed by atoms with Gasteiger partial charge in [0.2, 0.25) is 0 Å². The molecule has 1 saturated carbocycles. The fourth-order valence-corrected chi connectivity index (χ4v) is 4.84. The van der Waals surface area contributed by atoms with Crippen LogP contribution in [-0.2, 0) is 16.1 Å². The fourth-order valence-electron chi connectivity index (χ4n) is 4.84. The largest absolute Gasteiger partial charge is 0.379 e. The molecule has 4 aliphatic rings. The Morgan fingerprint density at radius 3 is 2.81 bits per heavy atom. The molecule has 2 saturated heterocycles. The first-order valence-corrected chi connectivity index (χ1v) is 11.2. The molecular weight excluding hydrogens is 401 g/mol. The smallest absolute Gasteiger partial charge is 0.260 e. The van der Waals surface area contributed by atoms with Crippen molar-refractivity contribution in [2.24, 2.45) is 0 Å². The van der Waals surface area contributed by atoms with E-state index in [0.29, 0.717) is 43.7 Å². The normalized spacial score (nSPS) is 25.1. The zero-order valence-electron chi connectivity index (χ0n) is 17.3. The molecule has 2 aromatic rings. The van der Waals surface area contributed by atoms with Crippen LogP contribution in [0.3, 0.4) is 0 Å². The van der Waals surface area contributed by atoms with E-state index in [9.17, 15) is 9.18 Å². The molecule has 0 spiro atoms. The van der Waals surface area contributed by atoms with Crippen molar-refractivity contribution in [2.75, 3.05) is 31.3 Å². The summed E-state index contributed by atoms with van der Waals surface area (Å²) in [5, 5.41) is 6.43. The summed E-state index contributed by atoms with van der Waals surface area (Å²) in [4.78, 5) is 18.5. The van der Waals surface area contributed by atoms with Crippen molar-refractivity contribution in [1.82, 2.24) is 20.5 Å². The number of piperidine rings is 1. The number of hydrogen-bond donors (Lipinski definition) is 1. The summed E-state index contributed by atoms with van der Waals surface area (Å²) in [5.74, 6) is 0.956. The number of anilines is 1. The Labute approximate surface area is 179 Å². The lowest BCUT2D eigenvalue weighted by atomic mass is 9.95. The van der Waals surface area contributed by atoms with Crippen LogP contribution in [0.4, 0.5) is 10.1 Å². The number of carbonyl (C=O) groups excluding carboxylic acids is 1. The van der Waals surface area contributed by atoms with Crippen LogP contribution in [0, 0.1) is 0 Å². The summed E-state index contributed by atoms with van der Waals surface area (Å²) in [7, 11) is 0. The van der Waals surface area contributed by atoms with Gasteiger partial charge in [0.15, 0.2) is 11.5 Å². The number of fused-ring (bicyclic) bond motifs is 1. The molecule has 0 unspecified atom stereocenters. The fraction of sp³-hybridized carbons (Fsp3) is 0.591. The Hall–Kier alpha value is -2.52. The number of nitrogens with one attached hydrogen (secondary N) is 1. The predicted octanol–water partition coefficient (Wildman–Crippen LogP) is 2.56. The molecule has 3 aliphatic heterocycles. The first kappa shape index (κ1) is 19.2. The van der Waals surface area contributed by atoms with Crippen LogP contribution in [0.25, 0.3) is 11.5 Å². The Morgan fingerprint density at radius 2 is 2.06 bits per heavy atom. The lowest BCUT2D eigenvalue weighted by molar-refractivity contribution is -0.139. The number of alkyl halides is 1. The van der Waals surface area contributed by atoms with Gasteiger partial charge < -0.3 is 19.2 Å². The van der Waals surface area contributed by atoms with Crippen molar-refractivity contribution >= 4 is 11.6 Å². The summed E-state index contributed by atoms with van der Waals surface area (Å²) >= 11 is 0. The molecule has 4 heterocycles. The summed E-state index contributed by atoms with van der Waals surface area (Å²) in [6.45, 7) is 3.41. The minimum atomic E-state index is -1.59. The van der Waals surface area contributed by atoms with Crippen molar-refractivity contribution in [2.45, 2.75) is 56.3 Å². The topological polar surface area (TPSA) is 83.7 Å². The van der Waals surface area contributed by atoms with E-state index in [4.69, 9.17) is 9.26 Å². The van der Waals surface area contributed by atoms with Crippen LogP contribution >= 0.6 is 0 Å². The number of benzene rings is 1. The molecule has 8 nitrogen and oxygen atoms in total. The number of nitrogens with zero attached hydrogens (tertiary/aromatic N) is 4. The third-order valence-electron chi connectivity index (χ3n) is 6.96. The van der Waals surface area contributed by atoms with Gasteiger partial charge in [-0.05, 0) is 49.8 Å². The molecule has 1 aliphatic carbocycles. The van der Waals surface area contributed by atoms with Crippen LogP contribution in [-0.4, -0.2) is 59.0 Å².